The van der Waals surface area contributed by atoms with Gasteiger partial charge in [0.05, 0.1) is 74.6 Å². The van der Waals surface area contributed by atoms with E-state index in [1.807, 2.05) is 161 Å². The van der Waals surface area contributed by atoms with Gasteiger partial charge in [0.1, 0.15) is 0 Å². The first-order valence-corrected chi connectivity index (χ1v) is 32.6. The fraction of sp³-hybridized carbons (Fsp3) is 0.0870. The highest BCUT2D eigenvalue weighted by Gasteiger charge is 2.45. The van der Waals surface area contributed by atoms with E-state index in [9.17, 15) is 24.7 Å². The molecule has 6 heteroatoms. The molecule has 98 heavy (non-hydrogen) atoms. The molecule has 5 nitrogen and oxygen atoms in total. The number of benzene rings is 14. The predicted octanol–water partition coefficient (Wildman–Crippen LogP) is 22.7. The van der Waals surface area contributed by atoms with Crippen LogP contribution in [0.15, 0.2) is 315 Å². The summed E-state index contributed by atoms with van der Waals surface area (Å²) in [5.74, 6) is 0. The van der Waals surface area contributed by atoms with Crippen molar-refractivity contribution in [3.8, 4) is 50.4 Å². The molecule has 466 valence electrons. The lowest BCUT2D eigenvalue weighted by Crippen LogP contribution is -2.61. The average molecular weight is 1280 g/mol. The van der Waals surface area contributed by atoms with Gasteiger partial charge in [-0.3, -0.25) is 0 Å². The summed E-state index contributed by atoms with van der Waals surface area (Å²) in [5, 5.41) is 0.351. The molecule has 17 aromatic rings. The molecule has 0 saturated heterocycles. The van der Waals surface area contributed by atoms with Crippen LogP contribution in [0.5, 0.6) is 0 Å². The van der Waals surface area contributed by atoms with E-state index >= 15 is 0 Å². The molecule has 2 aliphatic heterocycles. The molecule has 0 fully saturated rings. The van der Waals surface area contributed by atoms with Crippen LogP contribution in [0, 0.1) is 0 Å². The summed E-state index contributed by atoms with van der Waals surface area (Å²) >= 11 is 0. The fourth-order valence-corrected chi connectivity index (χ4v) is 14.8. The summed E-state index contributed by atoms with van der Waals surface area (Å²) in [5.41, 5.74) is 5.68. The van der Waals surface area contributed by atoms with Crippen LogP contribution < -0.4 is 26.2 Å². The number of para-hydroxylation sites is 8. The standard InChI is InChI=1S/C92H70BN5/c1-91(2,3)63-28-24-26-60(52-63)68-32-10-17-39-78(68)97-86-57-66(95-80-41-19-12-34-70(80)71-35-13-20-42-81(71)95)47-49-76(86)93-77-50-48-67(96-82-43-21-14-36-72(82)73-37-15-22-44-83(73)96)58-87(77)98(79-40-18-11-33-69(79)61-27-25-29-64(53-61)92(4,5)6)89-56-62(55-88(97)90(89)93)59-46-51-85-75(54-59)74-38-16-23-45-84(74)94(85)65-30-8-7-9-31-65/h7-58H,1-6H3/i12D,13D,14D,15D,19D,20D,21D,22D,34D,35D,36D,37D,41D,42D,43D,44D,47D,48D,49D,50D,57D,58D. The SMILES string of the molecule is [2H]c1c([2H])c(-n2c3c([2H])c([2H])c([2H])c([2H])c3c3c([2H])c([2H])c([2H])c([2H])c32)c([2H])c2c1B1c3c(cc(-c4ccc5c(c4)c4ccccc4n5-c4ccccc4)cc3N(c3ccccc3-c3cccc(C(C)(C)C)c3)c3c([2H])c(-n4c5c([2H])c([2H])c([2H])c([2H])c5c5c([2H])c([2H])c([2H])c([2H])c54)c([2H])c([2H])c31)N2c1ccccc1-c1cccc(C(C)(C)C)c1. The monoisotopic (exact) mass is 1280 g/mol. The number of fused-ring (bicyclic) bond motifs is 13. The maximum absolute atomic E-state index is 11.5. The van der Waals surface area contributed by atoms with E-state index < -0.39 is 184 Å². The van der Waals surface area contributed by atoms with Gasteiger partial charge in [-0.05, 0) is 164 Å². The molecule has 0 atom stereocenters. The molecule has 0 N–H and O–H groups in total. The third-order valence-electron chi connectivity index (χ3n) is 19.4. The summed E-state index contributed by atoms with van der Waals surface area (Å²) in [6.07, 6.45) is 0. The molecule has 0 spiro atoms. The van der Waals surface area contributed by atoms with Crippen LogP contribution in [0.4, 0.5) is 34.1 Å². The Hall–Kier alpha value is -11.9. The van der Waals surface area contributed by atoms with Crippen LogP contribution in [-0.2, 0) is 10.8 Å². The second kappa shape index (κ2) is 21.8. The normalized spacial score (nSPS) is 16.1. The van der Waals surface area contributed by atoms with Crippen LogP contribution >= 0.6 is 0 Å². The number of anilines is 6. The van der Waals surface area contributed by atoms with Crippen LogP contribution in [0.2, 0.25) is 0 Å². The number of hydrogen-bond donors (Lipinski definition) is 0. The topological polar surface area (TPSA) is 21.3 Å². The molecule has 0 unspecified atom stereocenters. The number of rotatable bonds is 8. The molecular formula is C92H70BN5. The van der Waals surface area contributed by atoms with Crippen LogP contribution in [0.3, 0.4) is 0 Å². The fourth-order valence-electron chi connectivity index (χ4n) is 14.8. The Bertz CT molecular complexity index is 6990. The van der Waals surface area contributed by atoms with Crippen molar-refractivity contribution in [3.05, 3.63) is 326 Å². The molecule has 2 aliphatic rings. The number of nitrogens with zero attached hydrogens (tertiary/aromatic N) is 5. The van der Waals surface area contributed by atoms with Gasteiger partial charge < -0.3 is 23.5 Å². The summed E-state index contributed by atoms with van der Waals surface area (Å²) in [6.45, 7) is 10.9. The van der Waals surface area contributed by atoms with Crippen LogP contribution in [0.1, 0.15) is 82.8 Å². The minimum absolute atomic E-state index is 0.152. The van der Waals surface area contributed by atoms with Crippen molar-refractivity contribution in [2.75, 3.05) is 9.80 Å². The second-order valence-electron chi connectivity index (χ2n) is 27.2. The molecule has 0 saturated carbocycles. The first kappa shape index (κ1) is 39.2. The molecule has 0 radical (unpaired) electrons. The third kappa shape index (κ3) is 8.87. The van der Waals surface area contributed by atoms with E-state index in [4.69, 9.17) is 5.48 Å². The van der Waals surface area contributed by atoms with E-state index in [1.54, 1.807) is 0 Å². The van der Waals surface area contributed by atoms with Crippen molar-refractivity contribution < 1.29 is 30.2 Å². The Morgan fingerprint density at radius 2 is 0.714 bits per heavy atom. The summed E-state index contributed by atoms with van der Waals surface area (Å²) in [7, 11) is 0. The smallest absolute Gasteiger partial charge is 0.252 e. The Morgan fingerprint density at radius 1 is 0.286 bits per heavy atom. The molecular weight excluding hydrogens is 1190 g/mol. The van der Waals surface area contributed by atoms with Gasteiger partial charge in [0.25, 0.3) is 6.71 Å². The number of hydrogen-bond acceptors (Lipinski definition) is 2. The second-order valence-corrected chi connectivity index (χ2v) is 27.2. The predicted molar refractivity (Wildman–Crippen MR) is 417 cm³/mol. The zero-order valence-corrected chi connectivity index (χ0v) is 54.1. The lowest BCUT2D eigenvalue weighted by molar-refractivity contribution is 0.590. The molecule has 14 aromatic carbocycles. The molecule has 0 aliphatic carbocycles. The summed E-state index contributed by atoms with van der Waals surface area (Å²) in [4.78, 5) is 3.63. The van der Waals surface area contributed by atoms with Gasteiger partial charge in [-0.1, -0.05) is 254 Å². The van der Waals surface area contributed by atoms with Gasteiger partial charge in [-0.25, -0.2) is 0 Å². The maximum Gasteiger partial charge on any atom is 0.252 e. The summed E-state index contributed by atoms with van der Waals surface area (Å²) in [6, 6.07) is 43.1. The van der Waals surface area contributed by atoms with Gasteiger partial charge in [0.2, 0.25) is 0 Å². The van der Waals surface area contributed by atoms with E-state index in [-0.39, 0.29) is 55.2 Å². The number of aromatic nitrogens is 3. The minimum atomic E-state index is -1.62. The Morgan fingerprint density at radius 3 is 1.20 bits per heavy atom. The molecule has 5 heterocycles. The first-order chi connectivity index (χ1) is 57.1. The van der Waals surface area contributed by atoms with Gasteiger partial charge in [-0.15, -0.1) is 0 Å². The van der Waals surface area contributed by atoms with Crippen molar-refractivity contribution in [1.82, 2.24) is 13.7 Å². The van der Waals surface area contributed by atoms with Crippen molar-refractivity contribution in [3.63, 3.8) is 0 Å². The zero-order chi connectivity index (χ0) is 84.9. The largest absolute Gasteiger partial charge is 0.311 e. The van der Waals surface area contributed by atoms with Crippen molar-refractivity contribution in [1.29, 1.82) is 0 Å². The summed E-state index contributed by atoms with van der Waals surface area (Å²) < 4.78 is 222. The minimum Gasteiger partial charge on any atom is -0.311 e. The van der Waals surface area contributed by atoms with Gasteiger partial charge in [-0.2, -0.15) is 0 Å². The van der Waals surface area contributed by atoms with Crippen LogP contribution in [-0.4, -0.2) is 20.4 Å². The lowest BCUT2D eigenvalue weighted by Gasteiger charge is -2.45. The van der Waals surface area contributed by atoms with E-state index in [2.05, 4.69) is 76.4 Å². The van der Waals surface area contributed by atoms with Crippen LogP contribution in [0.25, 0.3) is 116 Å². The third-order valence-corrected chi connectivity index (χ3v) is 19.4. The maximum atomic E-state index is 11.5. The average Bonchev–Trinajstić information content (AvgIpc) is 0.693. The Labute approximate surface area is 603 Å². The Balaban J connectivity index is 1.05. The molecule has 0 amide bonds. The van der Waals surface area contributed by atoms with Gasteiger partial charge in [0.15, 0.2) is 0 Å². The highest BCUT2D eigenvalue weighted by atomic mass is 15.2. The highest BCUT2D eigenvalue weighted by Crippen LogP contribution is 2.52. The Kier molecular flexibility index (Phi) is 8.75. The molecule has 19 rings (SSSR count). The van der Waals surface area contributed by atoms with Crippen molar-refractivity contribution in [2.45, 2.75) is 52.4 Å². The van der Waals surface area contributed by atoms with E-state index in [0.717, 1.165) is 47.8 Å². The van der Waals surface area contributed by atoms with Crippen molar-refractivity contribution >= 4 is 123 Å². The van der Waals surface area contributed by atoms with E-state index in [1.165, 1.54) is 0 Å². The molecule has 3 aromatic heterocycles. The van der Waals surface area contributed by atoms with Gasteiger partial charge in [0, 0.05) is 83.3 Å². The van der Waals surface area contributed by atoms with Gasteiger partial charge >= 0.3 is 0 Å². The zero-order valence-electron chi connectivity index (χ0n) is 76.1. The molecule has 0 bridgehead atoms. The first-order valence-electron chi connectivity index (χ1n) is 43.6. The lowest BCUT2D eigenvalue weighted by atomic mass is 9.33. The quantitative estimate of drug-likeness (QED) is 0.141. The van der Waals surface area contributed by atoms with Crippen molar-refractivity contribution in [2.24, 2.45) is 0 Å². The van der Waals surface area contributed by atoms with E-state index in [0.29, 0.717) is 50.2 Å². The highest BCUT2D eigenvalue weighted by molar-refractivity contribution is 7.00.